The van der Waals surface area contributed by atoms with E-state index in [1.165, 1.54) is 6.07 Å². The molecule has 2 heterocycles. The van der Waals surface area contributed by atoms with Gasteiger partial charge in [-0.3, -0.25) is 4.79 Å². The Hall–Kier alpha value is -2.90. The van der Waals surface area contributed by atoms with Crippen LogP contribution >= 0.6 is 0 Å². The van der Waals surface area contributed by atoms with Crippen LogP contribution in [-0.2, 0) is 0 Å². The molecule has 3 N–H and O–H groups in total. The summed E-state index contributed by atoms with van der Waals surface area (Å²) < 4.78 is 11.8. The molecule has 1 aliphatic rings. The minimum Gasteiger partial charge on any atom is -0.506 e. The van der Waals surface area contributed by atoms with Gasteiger partial charge in [0.15, 0.2) is 11.4 Å². The number of benzene rings is 1. The summed E-state index contributed by atoms with van der Waals surface area (Å²) in [6.45, 7) is 10.6. The van der Waals surface area contributed by atoms with Crippen LogP contribution in [0.3, 0.4) is 0 Å². The van der Waals surface area contributed by atoms with Crippen molar-refractivity contribution in [2.45, 2.75) is 78.1 Å². The molecule has 0 bridgehead atoms. The fourth-order valence-electron chi connectivity index (χ4n) is 4.03. The largest absolute Gasteiger partial charge is 0.506 e. The molecule has 7 nitrogen and oxygen atoms in total. The summed E-state index contributed by atoms with van der Waals surface area (Å²) in [5.41, 5.74) is -2.14. The van der Waals surface area contributed by atoms with E-state index in [-0.39, 0.29) is 34.0 Å². The lowest BCUT2D eigenvalue weighted by Gasteiger charge is -2.33. The third-order valence-electron chi connectivity index (χ3n) is 6.22. The van der Waals surface area contributed by atoms with Gasteiger partial charge in [0, 0.05) is 24.0 Å². The van der Waals surface area contributed by atoms with Gasteiger partial charge in [-0.1, -0.05) is 32.9 Å². The molecular weight excluding hydrogens is 436 g/mol. The molecule has 1 aliphatic heterocycles. The molecule has 0 spiro atoms. The van der Waals surface area contributed by atoms with Crippen LogP contribution in [0.2, 0.25) is 0 Å². The van der Waals surface area contributed by atoms with E-state index in [0.29, 0.717) is 30.2 Å². The standard InChI is InChI=1S/C27H34O7/c1-7-15(3)22(30)21-23(31)16-10-13-27(6,12-9-11-26(4,5)32)34-24(16)20-17(18(28)8-2)14-19(29)33-25(20)21/h9-11,13-15,18,28,31-32H,7-8,12H2,1-6H3/b11-9+. The molecule has 34 heavy (non-hydrogen) atoms. The van der Waals surface area contributed by atoms with E-state index in [0.717, 1.165) is 0 Å². The van der Waals surface area contributed by atoms with Crippen LogP contribution in [0.5, 0.6) is 11.5 Å². The quantitative estimate of drug-likeness (QED) is 0.281. The highest BCUT2D eigenvalue weighted by Crippen LogP contribution is 2.48. The normalized spacial score (nSPS) is 19.8. The highest BCUT2D eigenvalue weighted by Gasteiger charge is 2.35. The number of ketones is 1. The molecule has 3 unspecified atom stereocenters. The van der Waals surface area contributed by atoms with Gasteiger partial charge in [0.1, 0.15) is 22.7 Å². The first-order valence-corrected chi connectivity index (χ1v) is 11.7. The van der Waals surface area contributed by atoms with Gasteiger partial charge in [-0.25, -0.2) is 4.79 Å². The average Bonchev–Trinajstić information content (AvgIpc) is 2.76. The van der Waals surface area contributed by atoms with Crippen molar-refractivity contribution in [3.8, 4) is 11.5 Å². The number of hydrogen-bond donors (Lipinski definition) is 3. The highest BCUT2D eigenvalue weighted by atomic mass is 16.5. The van der Waals surface area contributed by atoms with Gasteiger partial charge in [0.2, 0.25) is 0 Å². The number of carbonyl (C=O) groups excluding carboxylic acids is 1. The molecule has 184 valence electrons. The van der Waals surface area contributed by atoms with Crippen LogP contribution in [0.25, 0.3) is 17.0 Å². The number of hydrogen-bond acceptors (Lipinski definition) is 7. The summed E-state index contributed by atoms with van der Waals surface area (Å²) in [5, 5.41) is 32.2. The molecule has 1 aromatic carbocycles. The number of aromatic hydroxyl groups is 1. The van der Waals surface area contributed by atoms with Gasteiger partial charge in [0.25, 0.3) is 0 Å². The summed E-state index contributed by atoms with van der Waals surface area (Å²) in [4.78, 5) is 25.7. The van der Waals surface area contributed by atoms with Crippen molar-refractivity contribution in [3.05, 3.63) is 51.4 Å². The number of aliphatic hydroxyl groups is 2. The molecule has 0 aliphatic carbocycles. The molecule has 0 amide bonds. The van der Waals surface area contributed by atoms with Crippen LogP contribution in [0, 0.1) is 5.92 Å². The van der Waals surface area contributed by atoms with Gasteiger partial charge in [0.05, 0.1) is 22.7 Å². The van der Waals surface area contributed by atoms with Crippen molar-refractivity contribution in [2.75, 3.05) is 0 Å². The molecular formula is C27H34O7. The summed E-state index contributed by atoms with van der Waals surface area (Å²) >= 11 is 0. The second kappa shape index (κ2) is 9.39. The monoisotopic (exact) mass is 470 g/mol. The lowest BCUT2D eigenvalue weighted by molar-refractivity contribution is 0.0924. The number of aliphatic hydroxyl groups excluding tert-OH is 1. The molecule has 0 fully saturated rings. The first-order chi connectivity index (χ1) is 15.8. The molecule has 3 atom stereocenters. The molecule has 7 heteroatoms. The second-order valence-electron chi connectivity index (χ2n) is 9.80. The maximum absolute atomic E-state index is 13.2. The van der Waals surface area contributed by atoms with Gasteiger partial charge in [-0.05, 0) is 45.8 Å². The predicted molar refractivity (Wildman–Crippen MR) is 131 cm³/mol. The van der Waals surface area contributed by atoms with Crippen LogP contribution < -0.4 is 10.4 Å². The predicted octanol–water partition coefficient (Wildman–Crippen LogP) is 5.05. The highest BCUT2D eigenvalue weighted by molar-refractivity contribution is 6.13. The van der Waals surface area contributed by atoms with Crippen molar-refractivity contribution >= 4 is 22.8 Å². The maximum Gasteiger partial charge on any atom is 0.336 e. The molecule has 0 saturated carbocycles. The van der Waals surface area contributed by atoms with Gasteiger partial charge < -0.3 is 24.5 Å². The summed E-state index contributed by atoms with van der Waals surface area (Å²) in [7, 11) is 0. The van der Waals surface area contributed by atoms with Crippen molar-refractivity contribution in [1.29, 1.82) is 0 Å². The van der Waals surface area contributed by atoms with E-state index >= 15 is 0 Å². The Morgan fingerprint density at radius 3 is 2.53 bits per heavy atom. The van der Waals surface area contributed by atoms with Gasteiger partial charge in [-0.15, -0.1) is 0 Å². The van der Waals surface area contributed by atoms with Crippen LogP contribution in [0.1, 0.15) is 88.4 Å². The number of carbonyl (C=O) groups is 1. The van der Waals surface area contributed by atoms with E-state index < -0.39 is 28.8 Å². The zero-order chi connectivity index (χ0) is 25.4. The summed E-state index contributed by atoms with van der Waals surface area (Å²) in [6, 6.07) is 1.21. The third-order valence-corrected chi connectivity index (χ3v) is 6.22. The van der Waals surface area contributed by atoms with Gasteiger partial charge >= 0.3 is 5.63 Å². The van der Waals surface area contributed by atoms with Crippen molar-refractivity contribution in [1.82, 2.24) is 0 Å². The smallest absolute Gasteiger partial charge is 0.336 e. The zero-order valence-electron chi connectivity index (χ0n) is 20.6. The first kappa shape index (κ1) is 25.7. The van der Waals surface area contributed by atoms with E-state index in [1.807, 2.05) is 13.8 Å². The Balaban J connectivity index is 2.33. The van der Waals surface area contributed by atoms with Crippen LogP contribution in [-0.4, -0.2) is 32.3 Å². The van der Waals surface area contributed by atoms with Crippen molar-refractivity contribution in [3.63, 3.8) is 0 Å². The van der Waals surface area contributed by atoms with E-state index in [2.05, 4.69) is 0 Å². The number of Topliss-reactive ketones (excluding diaryl/α,β-unsaturated/α-hetero) is 1. The first-order valence-electron chi connectivity index (χ1n) is 11.7. The topological polar surface area (TPSA) is 117 Å². The minimum absolute atomic E-state index is 0.0795. The van der Waals surface area contributed by atoms with E-state index in [1.54, 1.807) is 52.0 Å². The molecule has 0 saturated heterocycles. The zero-order valence-corrected chi connectivity index (χ0v) is 20.6. The van der Waals surface area contributed by atoms with E-state index in [4.69, 9.17) is 9.15 Å². The van der Waals surface area contributed by atoms with Crippen LogP contribution in [0.4, 0.5) is 0 Å². The van der Waals surface area contributed by atoms with Crippen LogP contribution in [0.15, 0.2) is 33.5 Å². The maximum atomic E-state index is 13.2. The Kier molecular flexibility index (Phi) is 7.10. The number of fused-ring (bicyclic) bond motifs is 3. The van der Waals surface area contributed by atoms with Crippen molar-refractivity contribution in [2.24, 2.45) is 5.92 Å². The minimum atomic E-state index is -0.998. The van der Waals surface area contributed by atoms with Gasteiger partial charge in [-0.2, -0.15) is 0 Å². The number of phenolic OH excluding ortho intramolecular Hbond substituents is 1. The van der Waals surface area contributed by atoms with E-state index in [9.17, 15) is 24.9 Å². The molecule has 2 aromatic rings. The lowest BCUT2D eigenvalue weighted by Crippen LogP contribution is -2.32. The van der Waals surface area contributed by atoms with Crippen molar-refractivity contribution < 1.29 is 29.3 Å². The summed E-state index contributed by atoms with van der Waals surface area (Å²) in [5.74, 6) is -0.845. The SMILES string of the molecule is CCC(C)C(=O)c1c(O)c2c(c3c(C(O)CC)cc(=O)oc13)OC(C)(C/C=C/C(C)(C)O)C=C2. The average molecular weight is 471 g/mol. The summed E-state index contributed by atoms with van der Waals surface area (Å²) in [6.07, 6.45) is 7.21. The molecule has 1 aromatic heterocycles. The number of phenols is 1. The Labute approximate surface area is 199 Å². The number of ether oxygens (including phenoxy) is 1. The number of rotatable bonds is 8. The molecule has 3 rings (SSSR count). The molecule has 0 radical (unpaired) electrons. The fourth-order valence-corrected chi connectivity index (χ4v) is 4.03. The third kappa shape index (κ3) is 4.95. The Bertz CT molecular complexity index is 1210. The Morgan fingerprint density at radius 2 is 1.94 bits per heavy atom. The Morgan fingerprint density at radius 1 is 1.26 bits per heavy atom. The lowest BCUT2D eigenvalue weighted by atomic mass is 9.87. The fraction of sp³-hybridized carbons (Fsp3) is 0.481. The second-order valence-corrected chi connectivity index (χ2v) is 9.80.